The van der Waals surface area contributed by atoms with Gasteiger partial charge in [0.15, 0.2) is 5.82 Å². The average Bonchev–Trinajstić information content (AvgIpc) is 3.51. The maximum Gasteiger partial charge on any atom is 0.321 e. The van der Waals surface area contributed by atoms with Gasteiger partial charge in [-0.25, -0.2) is 9.78 Å². The molecule has 3 saturated heterocycles. The molecule has 0 aliphatic carbocycles. The molecule has 12 nitrogen and oxygen atoms in total. The number of piperazine rings is 1. The Kier molecular flexibility index (Phi) is 7.64. The first kappa shape index (κ1) is 27.9. The van der Waals surface area contributed by atoms with Crippen molar-refractivity contribution in [2.45, 2.75) is 70.7 Å². The fourth-order valence-corrected chi connectivity index (χ4v) is 6.73. The summed E-state index contributed by atoms with van der Waals surface area (Å²) in [4.78, 5) is 40.2. The van der Waals surface area contributed by atoms with Crippen LogP contribution in [-0.2, 0) is 21.6 Å². The summed E-state index contributed by atoms with van der Waals surface area (Å²) in [7, 11) is 0. The fraction of sp³-hybridized carbons (Fsp3) is 0.655. The molecule has 2 atom stereocenters. The van der Waals surface area contributed by atoms with E-state index >= 15 is 0 Å². The number of amides is 3. The number of urea groups is 1. The van der Waals surface area contributed by atoms with Crippen LogP contribution in [0.5, 0.6) is 0 Å². The van der Waals surface area contributed by atoms with Gasteiger partial charge in [0.25, 0.3) is 5.91 Å². The second kappa shape index (κ2) is 11.2. The van der Waals surface area contributed by atoms with Gasteiger partial charge in [-0.1, -0.05) is 0 Å². The number of ether oxygens (including phenoxy) is 2. The Labute approximate surface area is 241 Å². The van der Waals surface area contributed by atoms with Crippen LogP contribution < -0.4 is 10.2 Å². The number of hydrogen-bond acceptors (Lipinski definition) is 8. The third-order valence-corrected chi connectivity index (χ3v) is 9.23. The van der Waals surface area contributed by atoms with E-state index in [-0.39, 0.29) is 24.0 Å². The highest BCUT2D eigenvalue weighted by Crippen LogP contribution is 2.41. The Morgan fingerprint density at radius 1 is 1.02 bits per heavy atom. The predicted octanol–water partition coefficient (Wildman–Crippen LogP) is 2.64. The maximum absolute atomic E-state index is 14.0. The maximum atomic E-state index is 14.0. The number of carbonyl (C=O) groups excluding carboxylic acids is 2. The lowest BCUT2D eigenvalue weighted by Gasteiger charge is -2.49. The Morgan fingerprint density at radius 2 is 1.76 bits per heavy atom. The highest BCUT2D eigenvalue weighted by molar-refractivity contribution is 6.03. The van der Waals surface area contributed by atoms with E-state index in [9.17, 15) is 9.59 Å². The molecule has 4 aliphatic rings. The Balaban J connectivity index is 1.12. The molecule has 2 N–H and O–H groups in total. The topological polar surface area (TPSA) is 119 Å². The van der Waals surface area contributed by atoms with E-state index < -0.39 is 5.54 Å². The Morgan fingerprint density at radius 3 is 2.46 bits per heavy atom. The highest BCUT2D eigenvalue weighted by atomic mass is 16.5. The number of hydrogen-bond donors (Lipinski definition) is 2. The van der Waals surface area contributed by atoms with Crippen molar-refractivity contribution in [1.29, 1.82) is 0 Å². The van der Waals surface area contributed by atoms with Crippen LogP contribution in [0.1, 0.15) is 62.3 Å². The number of fused-ring (bicyclic) bond motifs is 1. The molecule has 2 aromatic rings. The van der Waals surface area contributed by atoms with Crippen molar-refractivity contribution >= 4 is 23.4 Å². The van der Waals surface area contributed by atoms with E-state index in [1.807, 2.05) is 29.7 Å². The third-order valence-electron chi connectivity index (χ3n) is 9.23. The molecular formula is C29H42N8O4. The molecule has 0 radical (unpaired) electrons. The molecule has 222 valence electrons. The molecule has 6 rings (SSSR count). The lowest BCUT2D eigenvalue weighted by molar-refractivity contribution is -0.0237. The zero-order valence-electron chi connectivity index (χ0n) is 24.6. The molecule has 0 aromatic carbocycles. The normalized spacial score (nSPS) is 25.3. The molecule has 41 heavy (non-hydrogen) atoms. The summed E-state index contributed by atoms with van der Waals surface area (Å²) in [6.45, 7) is 14.9. The summed E-state index contributed by atoms with van der Waals surface area (Å²) in [5.74, 6) is 0.111. The predicted molar refractivity (Wildman–Crippen MR) is 154 cm³/mol. The third kappa shape index (κ3) is 5.28. The summed E-state index contributed by atoms with van der Waals surface area (Å²) in [6, 6.07) is 4.55. The molecular weight excluding hydrogens is 524 g/mol. The van der Waals surface area contributed by atoms with E-state index in [1.54, 1.807) is 12.3 Å². The smallest absolute Gasteiger partial charge is 0.321 e. The average molecular weight is 567 g/mol. The van der Waals surface area contributed by atoms with Crippen molar-refractivity contribution in [2.24, 2.45) is 0 Å². The van der Waals surface area contributed by atoms with Gasteiger partial charge < -0.3 is 29.5 Å². The first-order chi connectivity index (χ1) is 19.7. The minimum atomic E-state index is -0.596. The number of rotatable bonds is 4. The van der Waals surface area contributed by atoms with Crippen LogP contribution in [0.4, 0.5) is 16.3 Å². The largest absolute Gasteiger partial charge is 0.381 e. The Bertz CT molecular complexity index is 1250. The van der Waals surface area contributed by atoms with Crippen LogP contribution in [0, 0.1) is 0 Å². The number of pyridine rings is 1. The lowest BCUT2D eigenvalue weighted by atomic mass is 9.99. The fourth-order valence-electron chi connectivity index (χ4n) is 6.73. The second-order valence-corrected chi connectivity index (χ2v) is 12.2. The molecule has 3 amide bonds. The van der Waals surface area contributed by atoms with E-state index in [2.05, 4.69) is 44.1 Å². The van der Waals surface area contributed by atoms with E-state index in [0.29, 0.717) is 43.9 Å². The van der Waals surface area contributed by atoms with Gasteiger partial charge >= 0.3 is 6.03 Å². The van der Waals surface area contributed by atoms with Gasteiger partial charge in [0.1, 0.15) is 5.69 Å². The van der Waals surface area contributed by atoms with Crippen molar-refractivity contribution < 1.29 is 19.1 Å². The van der Waals surface area contributed by atoms with Gasteiger partial charge in [-0.3, -0.25) is 14.8 Å². The minimum absolute atomic E-state index is 0.0169. The molecule has 12 heteroatoms. The van der Waals surface area contributed by atoms with Crippen LogP contribution in [-0.4, -0.2) is 113 Å². The molecule has 0 unspecified atom stereocenters. The summed E-state index contributed by atoms with van der Waals surface area (Å²) in [5.41, 5.74) is 2.37. The summed E-state index contributed by atoms with van der Waals surface area (Å²) in [6.07, 6.45) is 3.82. The number of aromatic amines is 1. The standard InChI is InChI=1S/C29H42N8O4/c1-19-17-36(20(2)16-35(19)21-7-11-40-12-8-21)28(39)37-18-23-25(29(37,3)4)32-33-26(23)31-27(38)24-6-5-22(15-30-24)34-9-13-41-14-10-34/h5-6,15,19-21H,7-14,16-18H2,1-4H3,(H2,31,32,33,38)/t19-,20+/m1/s1. The lowest BCUT2D eigenvalue weighted by Crippen LogP contribution is -2.63. The van der Waals surface area contributed by atoms with Gasteiger partial charge in [-0.05, 0) is 52.7 Å². The van der Waals surface area contributed by atoms with Crippen LogP contribution in [0.3, 0.4) is 0 Å². The van der Waals surface area contributed by atoms with Gasteiger partial charge in [0.05, 0.1) is 42.9 Å². The van der Waals surface area contributed by atoms with E-state index in [4.69, 9.17) is 9.47 Å². The van der Waals surface area contributed by atoms with Crippen LogP contribution >= 0.6 is 0 Å². The first-order valence-electron chi connectivity index (χ1n) is 14.8. The van der Waals surface area contributed by atoms with E-state index in [0.717, 1.165) is 62.6 Å². The molecule has 0 spiro atoms. The summed E-state index contributed by atoms with van der Waals surface area (Å²) < 4.78 is 11.0. The first-order valence-corrected chi connectivity index (χ1v) is 14.8. The molecule has 6 heterocycles. The number of H-pyrrole nitrogens is 1. The zero-order chi connectivity index (χ0) is 28.7. The highest BCUT2D eigenvalue weighted by Gasteiger charge is 2.47. The Hall–Kier alpha value is -3.22. The minimum Gasteiger partial charge on any atom is -0.381 e. The molecule has 2 aromatic heterocycles. The molecule has 0 bridgehead atoms. The summed E-state index contributed by atoms with van der Waals surface area (Å²) >= 11 is 0. The number of anilines is 2. The van der Waals surface area contributed by atoms with Gasteiger partial charge in [-0.15, -0.1) is 0 Å². The van der Waals surface area contributed by atoms with Crippen molar-refractivity contribution in [2.75, 3.05) is 62.8 Å². The number of carbonyl (C=O) groups is 2. The number of aromatic nitrogens is 3. The van der Waals surface area contributed by atoms with Gasteiger partial charge in [0.2, 0.25) is 0 Å². The van der Waals surface area contributed by atoms with Crippen molar-refractivity contribution in [3.8, 4) is 0 Å². The van der Waals surface area contributed by atoms with Crippen LogP contribution in [0.15, 0.2) is 18.3 Å². The van der Waals surface area contributed by atoms with Crippen LogP contribution in [0.25, 0.3) is 0 Å². The number of nitrogens with zero attached hydrogens (tertiary/aromatic N) is 6. The quantitative estimate of drug-likeness (QED) is 0.580. The van der Waals surface area contributed by atoms with Crippen molar-refractivity contribution in [3.05, 3.63) is 35.3 Å². The zero-order valence-corrected chi connectivity index (χ0v) is 24.6. The number of nitrogens with one attached hydrogen (secondary N) is 2. The van der Waals surface area contributed by atoms with E-state index in [1.165, 1.54) is 0 Å². The van der Waals surface area contributed by atoms with Crippen molar-refractivity contribution in [1.82, 2.24) is 29.9 Å². The SMILES string of the molecule is C[C@@H]1CN(C(=O)N2Cc3c(NC(=O)c4ccc(N5CCOCC5)cn4)n[nH]c3C2(C)C)[C@@H](C)CN1C1CCOCC1. The molecule has 3 fully saturated rings. The van der Waals surface area contributed by atoms with Gasteiger partial charge in [-0.2, -0.15) is 5.10 Å². The summed E-state index contributed by atoms with van der Waals surface area (Å²) in [5, 5.41) is 10.4. The number of morpholine rings is 1. The monoisotopic (exact) mass is 566 g/mol. The van der Waals surface area contributed by atoms with Crippen molar-refractivity contribution in [3.63, 3.8) is 0 Å². The molecule has 0 saturated carbocycles. The van der Waals surface area contributed by atoms with Gasteiger partial charge in [0, 0.05) is 63.1 Å². The molecule has 4 aliphatic heterocycles. The van der Waals surface area contributed by atoms with Crippen LogP contribution in [0.2, 0.25) is 0 Å². The second-order valence-electron chi connectivity index (χ2n) is 12.2.